The molecular formula is C30H44O4. The van der Waals surface area contributed by atoms with Gasteiger partial charge in [0.1, 0.15) is 0 Å². The van der Waals surface area contributed by atoms with Crippen LogP contribution in [0.1, 0.15) is 99.8 Å². The SMILES string of the molecule is CC1(C)CC[C@]2(C(=O)O)CC[C@]3(C)C(=CC[C@@H]4[C@@]5(C)C=C(O)C(=O)C(C)(C)[C@@H]5CC[C@]43C)C2C1. The van der Waals surface area contributed by atoms with Gasteiger partial charge in [-0.15, -0.1) is 0 Å². The highest BCUT2D eigenvalue weighted by molar-refractivity contribution is 5.98. The number of rotatable bonds is 1. The second kappa shape index (κ2) is 6.79. The van der Waals surface area contributed by atoms with Crippen molar-refractivity contribution in [3.8, 4) is 0 Å². The first kappa shape index (κ1) is 24.1. The maximum Gasteiger partial charge on any atom is 0.310 e. The van der Waals surface area contributed by atoms with Crippen LogP contribution in [-0.4, -0.2) is 22.0 Å². The molecule has 0 aliphatic heterocycles. The van der Waals surface area contributed by atoms with Gasteiger partial charge in [-0.2, -0.15) is 0 Å². The normalized spacial score (nSPS) is 48.9. The molecule has 0 aromatic rings. The van der Waals surface area contributed by atoms with E-state index in [4.69, 9.17) is 0 Å². The Morgan fingerprint density at radius 2 is 1.59 bits per heavy atom. The van der Waals surface area contributed by atoms with E-state index in [1.807, 2.05) is 19.9 Å². The number of fused-ring (bicyclic) bond motifs is 7. The Kier molecular flexibility index (Phi) is 4.82. The Hall–Kier alpha value is -1.58. The molecule has 0 saturated heterocycles. The quantitative estimate of drug-likeness (QED) is 0.402. The first-order valence-electron chi connectivity index (χ1n) is 13.5. The standard InChI is InChI=1S/C30H44O4/c1-25(2)12-14-30(24(33)34)15-13-28(6)18(19(30)16-25)8-9-22-27(5)17-20(31)23(32)26(3,4)21(27)10-11-29(22,28)7/h8,17,19,21-22,31H,9-16H2,1-7H3,(H,33,34)/t19?,21-,22+,27-,28+,29+,30-/m0/s1. The Bertz CT molecular complexity index is 1020. The van der Waals surface area contributed by atoms with Crippen molar-refractivity contribution in [1.29, 1.82) is 0 Å². The summed E-state index contributed by atoms with van der Waals surface area (Å²) in [4.78, 5) is 25.7. The van der Waals surface area contributed by atoms with Crippen LogP contribution in [0.2, 0.25) is 0 Å². The number of carboxylic acids is 1. The number of Topliss-reactive ketones (excluding diaryl/α,β-unsaturated/α-hetero) is 1. The van der Waals surface area contributed by atoms with Gasteiger partial charge in [-0.1, -0.05) is 60.1 Å². The van der Waals surface area contributed by atoms with Gasteiger partial charge in [0, 0.05) is 5.41 Å². The Balaban J connectivity index is 1.64. The largest absolute Gasteiger partial charge is 0.505 e. The molecule has 0 aromatic heterocycles. The number of aliphatic hydroxyl groups is 1. The summed E-state index contributed by atoms with van der Waals surface area (Å²) in [5, 5.41) is 21.2. The molecule has 0 heterocycles. The highest BCUT2D eigenvalue weighted by atomic mass is 16.4. The second-order valence-corrected chi connectivity index (χ2v) is 14.6. The smallest absolute Gasteiger partial charge is 0.310 e. The summed E-state index contributed by atoms with van der Waals surface area (Å²) in [6.45, 7) is 15.8. The van der Waals surface area contributed by atoms with Crippen LogP contribution in [0.25, 0.3) is 0 Å². The van der Waals surface area contributed by atoms with E-state index in [0.29, 0.717) is 5.92 Å². The van der Waals surface area contributed by atoms with E-state index in [0.717, 1.165) is 51.4 Å². The fourth-order valence-electron chi connectivity index (χ4n) is 10.1. The summed E-state index contributed by atoms with van der Waals surface area (Å²) in [7, 11) is 0. The number of hydrogen-bond donors (Lipinski definition) is 2. The second-order valence-electron chi connectivity index (χ2n) is 14.6. The average Bonchev–Trinajstić information content (AvgIpc) is 2.72. The highest BCUT2D eigenvalue weighted by Gasteiger charge is 2.69. The van der Waals surface area contributed by atoms with Crippen LogP contribution >= 0.6 is 0 Å². The molecule has 2 N–H and O–H groups in total. The van der Waals surface area contributed by atoms with Crippen LogP contribution < -0.4 is 0 Å². The Morgan fingerprint density at radius 1 is 0.941 bits per heavy atom. The van der Waals surface area contributed by atoms with E-state index in [9.17, 15) is 19.8 Å². The Labute approximate surface area is 205 Å². The van der Waals surface area contributed by atoms with E-state index in [1.54, 1.807) is 0 Å². The number of carbonyl (C=O) groups is 2. The molecule has 0 radical (unpaired) electrons. The maximum atomic E-state index is 12.9. The van der Waals surface area contributed by atoms with Gasteiger partial charge in [0.05, 0.1) is 5.41 Å². The van der Waals surface area contributed by atoms with Crippen molar-refractivity contribution < 1.29 is 19.8 Å². The predicted octanol–water partition coefficient (Wildman–Crippen LogP) is 7.10. The average molecular weight is 469 g/mol. The zero-order valence-corrected chi connectivity index (χ0v) is 22.3. The number of carbonyl (C=O) groups excluding carboxylic acids is 1. The lowest BCUT2D eigenvalue weighted by atomic mass is 9.34. The molecular weight excluding hydrogens is 424 g/mol. The zero-order valence-electron chi connectivity index (χ0n) is 22.3. The molecule has 4 nitrogen and oxygen atoms in total. The van der Waals surface area contributed by atoms with Crippen molar-refractivity contribution in [3.05, 3.63) is 23.5 Å². The summed E-state index contributed by atoms with van der Waals surface area (Å²) < 4.78 is 0. The molecule has 34 heavy (non-hydrogen) atoms. The monoisotopic (exact) mass is 468 g/mol. The fourth-order valence-corrected chi connectivity index (χ4v) is 10.1. The van der Waals surface area contributed by atoms with Crippen LogP contribution in [0.15, 0.2) is 23.5 Å². The highest BCUT2D eigenvalue weighted by Crippen LogP contribution is 2.75. The van der Waals surface area contributed by atoms with Gasteiger partial charge in [-0.25, -0.2) is 0 Å². The minimum absolute atomic E-state index is 0.00182. The van der Waals surface area contributed by atoms with Crippen molar-refractivity contribution in [2.24, 2.45) is 50.2 Å². The first-order chi connectivity index (χ1) is 15.6. The lowest BCUT2D eigenvalue weighted by Crippen LogP contribution is -2.64. The predicted molar refractivity (Wildman–Crippen MR) is 133 cm³/mol. The van der Waals surface area contributed by atoms with Gasteiger partial charge in [0.2, 0.25) is 5.78 Å². The summed E-state index contributed by atoms with van der Waals surface area (Å²) in [6.07, 6.45) is 11.6. The van der Waals surface area contributed by atoms with E-state index >= 15 is 0 Å². The third-order valence-electron chi connectivity index (χ3n) is 12.4. The van der Waals surface area contributed by atoms with Gasteiger partial charge in [-0.05, 0) is 96.9 Å². The van der Waals surface area contributed by atoms with E-state index in [1.165, 1.54) is 5.57 Å². The van der Waals surface area contributed by atoms with Crippen LogP contribution in [-0.2, 0) is 9.59 Å². The van der Waals surface area contributed by atoms with E-state index < -0.39 is 16.8 Å². The Morgan fingerprint density at radius 3 is 2.24 bits per heavy atom. The van der Waals surface area contributed by atoms with Gasteiger partial charge in [-0.3, -0.25) is 9.59 Å². The molecule has 5 aliphatic rings. The number of allylic oxidation sites excluding steroid dienone is 4. The van der Waals surface area contributed by atoms with Crippen LogP contribution in [0.4, 0.5) is 0 Å². The van der Waals surface area contributed by atoms with E-state index in [-0.39, 0.29) is 45.0 Å². The van der Waals surface area contributed by atoms with Crippen molar-refractivity contribution >= 4 is 11.8 Å². The molecule has 7 atom stereocenters. The lowest BCUT2D eigenvalue weighted by molar-refractivity contribution is -0.175. The molecule has 0 aromatic carbocycles. The molecule has 188 valence electrons. The molecule has 4 heteroatoms. The molecule has 5 aliphatic carbocycles. The van der Waals surface area contributed by atoms with Gasteiger partial charge in [0.25, 0.3) is 0 Å². The third-order valence-corrected chi connectivity index (χ3v) is 12.4. The number of hydrogen-bond acceptors (Lipinski definition) is 3. The van der Waals surface area contributed by atoms with Crippen molar-refractivity contribution in [2.75, 3.05) is 0 Å². The summed E-state index contributed by atoms with van der Waals surface area (Å²) in [6, 6.07) is 0. The molecule has 1 unspecified atom stereocenters. The van der Waals surface area contributed by atoms with Gasteiger partial charge >= 0.3 is 5.97 Å². The summed E-state index contributed by atoms with van der Waals surface area (Å²) in [5.41, 5.74) is 0.0617. The molecule has 0 bridgehead atoms. The third kappa shape index (κ3) is 2.72. The van der Waals surface area contributed by atoms with Crippen molar-refractivity contribution in [2.45, 2.75) is 99.8 Å². The minimum Gasteiger partial charge on any atom is -0.505 e. The summed E-state index contributed by atoms with van der Waals surface area (Å²) >= 11 is 0. The van der Waals surface area contributed by atoms with Crippen LogP contribution in [0.3, 0.4) is 0 Å². The number of aliphatic carboxylic acids is 1. The van der Waals surface area contributed by atoms with Crippen LogP contribution in [0, 0.1) is 50.2 Å². The number of carboxylic acid groups (broad SMARTS) is 1. The molecule has 0 spiro atoms. The van der Waals surface area contributed by atoms with Crippen molar-refractivity contribution in [3.63, 3.8) is 0 Å². The molecule has 5 rings (SSSR count). The van der Waals surface area contributed by atoms with Crippen molar-refractivity contribution in [1.82, 2.24) is 0 Å². The molecule has 3 fully saturated rings. The van der Waals surface area contributed by atoms with Gasteiger partial charge in [0.15, 0.2) is 5.76 Å². The number of ketones is 1. The summed E-state index contributed by atoms with van der Waals surface area (Å²) in [5.74, 6) is -0.157. The molecule has 3 saturated carbocycles. The maximum absolute atomic E-state index is 12.9. The number of aliphatic hydroxyl groups excluding tert-OH is 1. The zero-order chi connectivity index (χ0) is 25.1. The fraction of sp³-hybridized carbons (Fsp3) is 0.800. The minimum atomic E-state index is -0.622. The van der Waals surface area contributed by atoms with E-state index in [2.05, 4.69) is 40.7 Å². The van der Waals surface area contributed by atoms with Crippen LogP contribution in [0.5, 0.6) is 0 Å². The first-order valence-corrected chi connectivity index (χ1v) is 13.5. The van der Waals surface area contributed by atoms with Gasteiger partial charge < -0.3 is 10.2 Å². The molecule has 0 amide bonds. The topological polar surface area (TPSA) is 74.6 Å². The lowest BCUT2D eigenvalue weighted by Gasteiger charge is -2.69.